The highest BCUT2D eigenvalue weighted by Gasteiger charge is 2.15. The van der Waals surface area contributed by atoms with Crippen molar-refractivity contribution >= 4 is 34.3 Å². The molecule has 124 valence electrons. The van der Waals surface area contributed by atoms with Crippen molar-refractivity contribution in [1.82, 2.24) is 24.7 Å². The summed E-state index contributed by atoms with van der Waals surface area (Å²) in [5.74, 6) is 0.969. The van der Waals surface area contributed by atoms with Crippen LogP contribution in [0.2, 0.25) is 5.02 Å². The van der Waals surface area contributed by atoms with Gasteiger partial charge in [-0.2, -0.15) is 10.1 Å². The quantitative estimate of drug-likeness (QED) is 0.440. The zero-order valence-electron chi connectivity index (χ0n) is 12.9. The molecular weight excluding hydrogens is 358 g/mol. The number of aromatic nitrogens is 5. The molecule has 0 amide bonds. The Kier molecular flexibility index (Phi) is 4.25. The van der Waals surface area contributed by atoms with Crippen molar-refractivity contribution in [2.45, 2.75) is 10.9 Å². The Hall–Kier alpha value is -2.64. The summed E-state index contributed by atoms with van der Waals surface area (Å²) in [5, 5.41) is 8.33. The summed E-state index contributed by atoms with van der Waals surface area (Å²) in [4.78, 5) is 21.7. The van der Waals surface area contributed by atoms with Gasteiger partial charge in [0.05, 0.1) is 10.9 Å². The molecule has 0 unspecified atom stereocenters. The van der Waals surface area contributed by atoms with Gasteiger partial charge in [-0.25, -0.2) is 14.6 Å². The molecule has 25 heavy (non-hydrogen) atoms. The summed E-state index contributed by atoms with van der Waals surface area (Å²) < 4.78 is 1.45. The third-order valence-electron chi connectivity index (χ3n) is 3.62. The van der Waals surface area contributed by atoms with E-state index >= 15 is 0 Å². The molecule has 4 aromatic rings. The Morgan fingerprint density at radius 1 is 1.16 bits per heavy atom. The smallest absolute Gasteiger partial charge is 0.268 e. The Labute approximate surface area is 151 Å². The second-order valence-corrected chi connectivity index (χ2v) is 6.66. The zero-order valence-corrected chi connectivity index (χ0v) is 14.5. The van der Waals surface area contributed by atoms with Crippen molar-refractivity contribution < 1.29 is 0 Å². The summed E-state index contributed by atoms with van der Waals surface area (Å²) in [6.07, 6.45) is 1.36. The van der Waals surface area contributed by atoms with E-state index in [0.29, 0.717) is 32.8 Å². The molecule has 0 aliphatic rings. The van der Waals surface area contributed by atoms with E-state index in [1.165, 1.54) is 22.7 Å². The normalized spacial score (nSPS) is 11.1. The van der Waals surface area contributed by atoms with E-state index < -0.39 is 0 Å². The lowest BCUT2D eigenvalue weighted by Gasteiger charge is -2.10. The predicted molar refractivity (Wildman–Crippen MR) is 98.3 cm³/mol. The second-order valence-electron chi connectivity index (χ2n) is 5.28. The topological polar surface area (TPSA) is 76.5 Å². The van der Waals surface area contributed by atoms with Gasteiger partial charge in [-0.15, -0.1) is 0 Å². The van der Waals surface area contributed by atoms with Crippen molar-refractivity contribution in [3.63, 3.8) is 0 Å². The van der Waals surface area contributed by atoms with Gasteiger partial charge in [-0.1, -0.05) is 47.6 Å². The zero-order chi connectivity index (χ0) is 17.2. The van der Waals surface area contributed by atoms with Crippen LogP contribution in [-0.2, 0) is 5.75 Å². The van der Waals surface area contributed by atoms with Gasteiger partial charge in [0.2, 0.25) is 5.95 Å². The Bertz CT molecular complexity index is 1090. The van der Waals surface area contributed by atoms with Crippen molar-refractivity contribution in [2.24, 2.45) is 0 Å². The minimum absolute atomic E-state index is 0.184. The number of H-pyrrole nitrogens is 1. The molecule has 0 bridgehead atoms. The van der Waals surface area contributed by atoms with Crippen molar-refractivity contribution in [3.8, 4) is 5.95 Å². The van der Waals surface area contributed by atoms with Gasteiger partial charge in [0.25, 0.3) is 5.56 Å². The third-order valence-corrected chi connectivity index (χ3v) is 4.86. The molecule has 0 saturated heterocycles. The van der Waals surface area contributed by atoms with E-state index in [4.69, 9.17) is 11.6 Å². The first kappa shape index (κ1) is 15.9. The number of aromatic amines is 1. The summed E-state index contributed by atoms with van der Waals surface area (Å²) in [6.45, 7) is 0. The summed E-state index contributed by atoms with van der Waals surface area (Å²) in [6, 6.07) is 14.9. The number of rotatable bonds is 4. The molecule has 2 aromatic heterocycles. The maximum atomic E-state index is 12.9. The van der Waals surface area contributed by atoms with Gasteiger partial charge in [-0.05, 0) is 29.8 Å². The van der Waals surface area contributed by atoms with Gasteiger partial charge >= 0.3 is 0 Å². The molecule has 4 rings (SSSR count). The van der Waals surface area contributed by atoms with E-state index in [2.05, 4.69) is 20.2 Å². The largest absolute Gasteiger partial charge is 0.269 e. The number of nitrogens with one attached hydrogen (secondary N) is 1. The average molecular weight is 370 g/mol. The molecule has 0 aliphatic heterocycles. The standard InChI is InChI=1S/C17H12ClN5OS/c18-12-5-3-4-11(8-12)9-25-17-21-14-7-2-1-6-13(14)15(24)23(17)16-19-10-20-22-16/h1-8,10H,9H2,(H,19,20,22). The second kappa shape index (κ2) is 6.70. The molecule has 2 aromatic carbocycles. The molecule has 0 saturated carbocycles. The summed E-state index contributed by atoms with van der Waals surface area (Å²) >= 11 is 7.48. The molecule has 2 heterocycles. The van der Waals surface area contributed by atoms with E-state index in [1.54, 1.807) is 6.07 Å². The number of hydrogen-bond donors (Lipinski definition) is 1. The number of fused-ring (bicyclic) bond motifs is 1. The fraction of sp³-hybridized carbons (Fsp3) is 0.0588. The Morgan fingerprint density at radius 3 is 2.84 bits per heavy atom. The van der Waals surface area contributed by atoms with Crippen molar-refractivity contribution in [3.05, 3.63) is 75.8 Å². The fourth-order valence-corrected chi connectivity index (χ4v) is 3.63. The van der Waals surface area contributed by atoms with Crippen LogP contribution in [0.5, 0.6) is 0 Å². The van der Waals surface area contributed by atoms with Crippen LogP contribution in [0.15, 0.2) is 64.8 Å². The highest BCUT2D eigenvalue weighted by atomic mass is 35.5. The van der Waals surface area contributed by atoms with Gasteiger partial charge in [0.15, 0.2) is 5.16 Å². The lowest BCUT2D eigenvalue weighted by molar-refractivity contribution is 0.771. The van der Waals surface area contributed by atoms with E-state index in [0.717, 1.165) is 5.56 Å². The lowest BCUT2D eigenvalue weighted by atomic mass is 10.2. The maximum absolute atomic E-state index is 12.9. The van der Waals surface area contributed by atoms with E-state index in [1.807, 2.05) is 42.5 Å². The van der Waals surface area contributed by atoms with Gasteiger partial charge in [0, 0.05) is 10.8 Å². The third kappa shape index (κ3) is 3.16. The van der Waals surface area contributed by atoms with Crippen LogP contribution < -0.4 is 5.56 Å². The molecule has 6 nitrogen and oxygen atoms in total. The van der Waals surface area contributed by atoms with Crippen LogP contribution in [0, 0.1) is 0 Å². The first-order valence-corrected chi connectivity index (χ1v) is 8.83. The first-order valence-electron chi connectivity index (χ1n) is 7.47. The van der Waals surface area contributed by atoms with E-state index in [9.17, 15) is 4.79 Å². The van der Waals surface area contributed by atoms with Crippen LogP contribution in [0.1, 0.15) is 5.56 Å². The lowest BCUT2D eigenvalue weighted by Crippen LogP contribution is -2.22. The number of halogens is 1. The van der Waals surface area contributed by atoms with Crippen LogP contribution >= 0.6 is 23.4 Å². The average Bonchev–Trinajstić information content (AvgIpc) is 3.14. The minimum atomic E-state index is -0.184. The Balaban J connectivity index is 1.81. The van der Waals surface area contributed by atoms with Gasteiger partial charge in [-0.3, -0.25) is 4.79 Å². The van der Waals surface area contributed by atoms with Crippen LogP contribution in [-0.4, -0.2) is 24.7 Å². The highest BCUT2D eigenvalue weighted by molar-refractivity contribution is 7.98. The monoisotopic (exact) mass is 369 g/mol. The molecular formula is C17H12ClN5OS. The number of nitrogens with zero attached hydrogens (tertiary/aromatic N) is 4. The molecule has 1 N–H and O–H groups in total. The summed E-state index contributed by atoms with van der Waals surface area (Å²) in [5.41, 5.74) is 1.51. The number of para-hydroxylation sites is 1. The van der Waals surface area contributed by atoms with Crippen molar-refractivity contribution in [2.75, 3.05) is 0 Å². The Morgan fingerprint density at radius 2 is 2.04 bits per heavy atom. The van der Waals surface area contributed by atoms with Gasteiger partial charge in [0.1, 0.15) is 6.33 Å². The van der Waals surface area contributed by atoms with Crippen LogP contribution in [0.3, 0.4) is 0 Å². The minimum Gasteiger partial charge on any atom is -0.268 e. The van der Waals surface area contributed by atoms with Crippen LogP contribution in [0.4, 0.5) is 0 Å². The molecule has 0 fully saturated rings. The maximum Gasteiger partial charge on any atom is 0.269 e. The molecule has 0 spiro atoms. The number of benzene rings is 2. The highest BCUT2D eigenvalue weighted by Crippen LogP contribution is 2.24. The molecule has 0 aliphatic carbocycles. The van der Waals surface area contributed by atoms with Gasteiger partial charge < -0.3 is 0 Å². The number of thioether (sulfide) groups is 1. The molecule has 0 radical (unpaired) electrons. The fourth-order valence-electron chi connectivity index (χ4n) is 2.48. The SMILES string of the molecule is O=c1c2ccccc2nc(SCc2cccc(Cl)c2)n1-c1ncn[nH]1. The van der Waals surface area contributed by atoms with Crippen molar-refractivity contribution in [1.29, 1.82) is 0 Å². The predicted octanol–water partition coefficient (Wildman–Crippen LogP) is 3.45. The summed E-state index contributed by atoms with van der Waals surface area (Å²) in [7, 11) is 0. The molecule has 0 atom stereocenters. The van der Waals surface area contributed by atoms with E-state index in [-0.39, 0.29) is 5.56 Å². The molecule has 8 heteroatoms. The first-order chi connectivity index (χ1) is 12.2. The number of hydrogen-bond acceptors (Lipinski definition) is 5. The van der Waals surface area contributed by atoms with Crippen LogP contribution in [0.25, 0.3) is 16.9 Å².